The monoisotopic (exact) mass is 297 g/mol. The van der Waals surface area contributed by atoms with Crippen molar-refractivity contribution in [2.24, 2.45) is 5.16 Å². The summed E-state index contributed by atoms with van der Waals surface area (Å²) >= 11 is 0.218. The zero-order valence-corrected chi connectivity index (χ0v) is 10.0. The van der Waals surface area contributed by atoms with Gasteiger partial charge in [0, 0.05) is 0 Å². The number of nitrogen functional groups attached to an aromatic ring is 1. The number of carbonyl (C=O) groups excluding carboxylic acids is 1. The Morgan fingerprint density at radius 1 is 1.47 bits per heavy atom. The van der Waals surface area contributed by atoms with Crippen LogP contribution in [0, 0.1) is 0 Å². The van der Waals surface area contributed by atoms with E-state index in [0.29, 0.717) is 0 Å². The van der Waals surface area contributed by atoms with E-state index in [0.717, 1.165) is 7.11 Å². The maximum Gasteiger partial charge on any atom is 0.457 e. The molecule has 11 heteroatoms. The van der Waals surface area contributed by atoms with Gasteiger partial charge in [0.25, 0.3) is 5.78 Å². The van der Waals surface area contributed by atoms with Crippen LogP contribution in [0.15, 0.2) is 5.16 Å². The number of hydrogen-bond acceptors (Lipinski definition) is 7. The summed E-state index contributed by atoms with van der Waals surface area (Å²) in [7, 11) is 1.03. The number of nitrogens with zero attached hydrogens (tertiary/aromatic N) is 2. The number of halogens is 3. The Morgan fingerprint density at radius 3 is 2.47 bits per heavy atom. The zero-order chi connectivity index (χ0) is 14.8. The van der Waals surface area contributed by atoms with E-state index in [2.05, 4.69) is 15.0 Å². The highest BCUT2D eigenvalue weighted by molar-refractivity contribution is 7.17. The number of carboxylic acid groups (broad SMARTS) is 1. The van der Waals surface area contributed by atoms with E-state index in [1.165, 1.54) is 0 Å². The van der Waals surface area contributed by atoms with Crippen molar-refractivity contribution in [3.8, 4) is 0 Å². The van der Waals surface area contributed by atoms with Crippen LogP contribution in [0.5, 0.6) is 0 Å². The molecule has 0 bridgehead atoms. The molecule has 19 heavy (non-hydrogen) atoms. The van der Waals surface area contributed by atoms with Crippen molar-refractivity contribution in [3.05, 3.63) is 10.7 Å². The molecule has 7 nitrogen and oxygen atoms in total. The van der Waals surface area contributed by atoms with Gasteiger partial charge in [0.05, 0.1) is 0 Å². The van der Waals surface area contributed by atoms with Crippen molar-refractivity contribution in [3.63, 3.8) is 0 Å². The van der Waals surface area contributed by atoms with Gasteiger partial charge in [-0.3, -0.25) is 4.79 Å². The first kappa shape index (κ1) is 14.9. The average molecular weight is 297 g/mol. The highest BCUT2D eigenvalue weighted by Gasteiger charge is 2.42. The van der Waals surface area contributed by atoms with Gasteiger partial charge in [0.1, 0.15) is 17.8 Å². The lowest BCUT2D eigenvalue weighted by molar-refractivity contribution is -0.129. The first-order chi connectivity index (χ1) is 8.68. The van der Waals surface area contributed by atoms with E-state index in [-0.39, 0.29) is 16.3 Å². The number of carboxylic acids is 1. The SMILES string of the molecule is CON=C(C(=O)O)c1nc(C(=O)C(F)(F)F)sc1N. The first-order valence-electron chi connectivity index (χ1n) is 4.41. The molecule has 0 radical (unpaired) electrons. The Balaban J connectivity index is 3.27. The molecular formula is C8H6F3N3O4S. The smallest absolute Gasteiger partial charge is 0.457 e. The predicted octanol–water partition coefficient (Wildman–Crippen LogP) is 0.905. The summed E-state index contributed by atoms with van der Waals surface area (Å²) in [6.07, 6.45) is -5.12. The summed E-state index contributed by atoms with van der Waals surface area (Å²) in [6.45, 7) is 0. The average Bonchev–Trinajstić information content (AvgIpc) is 2.65. The van der Waals surface area contributed by atoms with Gasteiger partial charge >= 0.3 is 12.1 Å². The molecule has 0 aliphatic carbocycles. The van der Waals surface area contributed by atoms with Crippen LogP contribution in [-0.4, -0.2) is 40.8 Å². The van der Waals surface area contributed by atoms with E-state index < -0.39 is 34.3 Å². The van der Waals surface area contributed by atoms with Crippen molar-refractivity contribution in [2.75, 3.05) is 12.8 Å². The lowest BCUT2D eigenvalue weighted by Gasteiger charge is -2.00. The Hall–Kier alpha value is -2.17. The molecule has 0 aliphatic heterocycles. The number of Topliss-reactive ketones (excluding diaryl/α,β-unsaturated/α-hetero) is 1. The number of ketones is 1. The molecular weight excluding hydrogens is 291 g/mol. The zero-order valence-electron chi connectivity index (χ0n) is 9.19. The van der Waals surface area contributed by atoms with Crippen LogP contribution in [-0.2, 0) is 9.63 Å². The molecule has 0 aliphatic rings. The minimum atomic E-state index is -5.12. The first-order valence-corrected chi connectivity index (χ1v) is 5.22. The summed E-state index contributed by atoms with van der Waals surface area (Å²) in [4.78, 5) is 29.2. The molecule has 0 amide bonds. The molecule has 1 aromatic rings. The van der Waals surface area contributed by atoms with Crippen LogP contribution in [0.25, 0.3) is 0 Å². The van der Waals surface area contributed by atoms with Gasteiger partial charge in [0.15, 0.2) is 5.01 Å². The molecule has 0 saturated carbocycles. The van der Waals surface area contributed by atoms with Crippen LogP contribution in [0.3, 0.4) is 0 Å². The molecule has 1 rings (SSSR count). The van der Waals surface area contributed by atoms with Gasteiger partial charge in [-0.05, 0) is 0 Å². The summed E-state index contributed by atoms with van der Waals surface area (Å²) in [5.74, 6) is -3.82. The summed E-state index contributed by atoms with van der Waals surface area (Å²) < 4.78 is 36.6. The number of nitrogens with two attached hydrogens (primary N) is 1. The van der Waals surface area contributed by atoms with E-state index in [1.807, 2.05) is 0 Å². The molecule has 0 saturated heterocycles. The third-order valence-electron chi connectivity index (χ3n) is 1.71. The van der Waals surface area contributed by atoms with Gasteiger partial charge in [-0.1, -0.05) is 16.5 Å². The number of alkyl halides is 3. The number of aliphatic carboxylic acids is 1. The standard InChI is InChI=1S/C8H6F3N3O4S/c1-18-14-3(7(16)17)2-5(12)19-6(13-2)4(15)8(9,10)11/h12H2,1H3,(H,16,17). The third-order valence-corrected chi connectivity index (χ3v) is 2.60. The second kappa shape index (κ2) is 5.22. The molecule has 0 fully saturated rings. The molecule has 0 unspecified atom stereocenters. The molecule has 0 atom stereocenters. The number of hydrogen-bond donors (Lipinski definition) is 2. The number of aromatic nitrogens is 1. The van der Waals surface area contributed by atoms with Crippen LogP contribution >= 0.6 is 11.3 Å². The fourth-order valence-corrected chi connectivity index (χ4v) is 1.79. The number of thiazole rings is 1. The normalized spacial score (nSPS) is 12.3. The quantitative estimate of drug-likeness (QED) is 0.485. The Bertz CT molecular complexity index is 552. The Kier molecular flexibility index (Phi) is 4.09. The van der Waals surface area contributed by atoms with Gasteiger partial charge in [-0.25, -0.2) is 9.78 Å². The minimum absolute atomic E-state index is 0.218. The van der Waals surface area contributed by atoms with Crippen LogP contribution < -0.4 is 5.73 Å². The van der Waals surface area contributed by atoms with Crippen molar-refractivity contribution in [2.45, 2.75) is 6.18 Å². The fraction of sp³-hybridized carbons (Fsp3) is 0.250. The van der Waals surface area contributed by atoms with Gasteiger partial charge in [-0.2, -0.15) is 13.2 Å². The molecule has 104 valence electrons. The molecule has 0 spiro atoms. The summed E-state index contributed by atoms with van der Waals surface area (Å²) in [5.41, 5.74) is 3.99. The van der Waals surface area contributed by atoms with Crippen LogP contribution in [0.1, 0.15) is 15.5 Å². The molecule has 1 heterocycles. The van der Waals surface area contributed by atoms with Crippen LogP contribution in [0.4, 0.5) is 18.2 Å². The molecule has 3 N–H and O–H groups in total. The van der Waals surface area contributed by atoms with E-state index in [1.54, 1.807) is 0 Å². The topological polar surface area (TPSA) is 115 Å². The van der Waals surface area contributed by atoms with Crippen molar-refractivity contribution < 1.29 is 32.7 Å². The highest BCUT2D eigenvalue weighted by atomic mass is 32.1. The summed E-state index contributed by atoms with van der Waals surface area (Å²) in [5, 5.41) is 10.5. The van der Waals surface area contributed by atoms with Gasteiger partial charge in [0.2, 0.25) is 5.71 Å². The second-order valence-corrected chi connectivity index (χ2v) is 4.02. The van der Waals surface area contributed by atoms with Crippen molar-refractivity contribution in [1.29, 1.82) is 0 Å². The predicted molar refractivity (Wildman–Crippen MR) is 58.1 cm³/mol. The Morgan fingerprint density at radius 2 is 2.05 bits per heavy atom. The Labute approximate surface area is 107 Å². The lowest BCUT2D eigenvalue weighted by Crippen LogP contribution is -2.23. The molecule has 0 aromatic carbocycles. The van der Waals surface area contributed by atoms with E-state index >= 15 is 0 Å². The second-order valence-electron chi connectivity index (χ2n) is 2.99. The number of rotatable bonds is 4. The summed E-state index contributed by atoms with van der Waals surface area (Å²) in [6, 6.07) is 0. The van der Waals surface area contributed by atoms with E-state index in [9.17, 15) is 22.8 Å². The van der Waals surface area contributed by atoms with Gasteiger partial charge < -0.3 is 15.7 Å². The van der Waals surface area contributed by atoms with Crippen molar-refractivity contribution >= 4 is 33.8 Å². The maximum absolute atomic E-state index is 12.2. The third kappa shape index (κ3) is 3.19. The fourth-order valence-electron chi connectivity index (χ4n) is 0.995. The largest absolute Gasteiger partial charge is 0.476 e. The molecule has 1 aromatic heterocycles. The van der Waals surface area contributed by atoms with E-state index in [4.69, 9.17) is 10.8 Å². The number of oxime groups is 1. The minimum Gasteiger partial charge on any atom is -0.476 e. The maximum atomic E-state index is 12.2. The van der Waals surface area contributed by atoms with Crippen LogP contribution in [0.2, 0.25) is 0 Å². The number of anilines is 1. The number of carbonyl (C=O) groups is 2. The van der Waals surface area contributed by atoms with Gasteiger partial charge in [-0.15, -0.1) is 0 Å². The highest BCUT2D eigenvalue weighted by Crippen LogP contribution is 2.28. The lowest BCUT2D eigenvalue weighted by atomic mass is 10.3. The van der Waals surface area contributed by atoms with Crippen molar-refractivity contribution in [1.82, 2.24) is 4.98 Å².